The summed E-state index contributed by atoms with van der Waals surface area (Å²) in [6.45, 7) is 5.49. The second-order valence-corrected chi connectivity index (χ2v) is 4.92. The van der Waals surface area contributed by atoms with Gasteiger partial charge in [0.2, 0.25) is 0 Å². The maximum Gasteiger partial charge on any atom is 0.147 e. The van der Waals surface area contributed by atoms with Crippen LogP contribution in [0.2, 0.25) is 0 Å². The lowest BCUT2D eigenvalue weighted by Gasteiger charge is -2.04. The molecule has 0 atom stereocenters. The van der Waals surface area contributed by atoms with E-state index < -0.39 is 0 Å². The quantitative estimate of drug-likeness (QED) is 0.735. The molecule has 0 bridgehead atoms. The molecule has 1 N–H and O–H groups in total. The van der Waals surface area contributed by atoms with Gasteiger partial charge in [0, 0.05) is 31.6 Å². The van der Waals surface area contributed by atoms with Crippen molar-refractivity contribution in [1.82, 2.24) is 9.78 Å². The summed E-state index contributed by atoms with van der Waals surface area (Å²) in [5.74, 6) is 4.14. The number of hydrogen-bond donors (Lipinski definition) is 1. The monoisotopic (exact) mass is 213 g/mol. The van der Waals surface area contributed by atoms with E-state index in [9.17, 15) is 0 Å². The molecular weight excluding hydrogens is 194 g/mol. The Balaban J connectivity index is 2.04. The number of anilines is 1. The van der Waals surface area contributed by atoms with Crippen LogP contribution in [0, 0.1) is 5.92 Å². The first kappa shape index (κ1) is 11.4. The molecule has 0 saturated heterocycles. The van der Waals surface area contributed by atoms with E-state index in [-0.39, 0.29) is 0 Å². The summed E-state index contributed by atoms with van der Waals surface area (Å²) in [7, 11) is 1.93. The van der Waals surface area contributed by atoms with E-state index in [1.807, 2.05) is 35.8 Å². The van der Waals surface area contributed by atoms with E-state index in [1.54, 1.807) is 0 Å². The van der Waals surface area contributed by atoms with Crippen LogP contribution in [-0.4, -0.2) is 27.8 Å². The summed E-state index contributed by atoms with van der Waals surface area (Å²) in [5.41, 5.74) is 0. The predicted molar refractivity (Wildman–Crippen MR) is 63.9 cm³/mol. The third-order valence-electron chi connectivity index (χ3n) is 1.72. The Labute approximate surface area is 90.3 Å². The smallest absolute Gasteiger partial charge is 0.147 e. The van der Waals surface area contributed by atoms with E-state index in [0.29, 0.717) is 0 Å². The van der Waals surface area contributed by atoms with Crippen molar-refractivity contribution in [1.29, 1.82) is 0 Å². The second-order valence-electron chi connectivity index (χ2n) is 3.77. The van der Waals surface area contributed by atoms with Crippen molar-refractivity contribution < 1.29 is 0 Å². The fourth-order valence-corrected chi connectivity index (χ4v) is 1.96. The van der Waals surface area contributed by atoms with Crippen LogP contribution in [0.3, 0.4) is 0 Å². The molecule has 0 aromatic carbocycles. The zero-order chi connectivity index (χ0) is 10.4. The van der Waals surface area contributed by atoms with E-state index in [4.69, 9.17) is 0 Å². The maximum atomic E-state index is 4.24. The van der Waals surface area contributed by atoms with Crippen LogP contribution >= 0.6 is 11.8 Å². The van der Waals surface area contributed by atoms with Gasteiger partial charge in [0.05, 0.1) is 0 Å². The molecule has 0 unspecified atom stereocenters. The maximum absolute atomic E-state index is 4.24. The Morgan fingerprint density at radius 3 is 2.93 bits per heavy atom. The molecule has 1 aromatic heterocycles. The number of thioether (sulfide) groups is 1. The van der Waals surface area contributed by atoms with Gasteiger partial charge in [-0.15, -0.1) is 0 Å². The first-order valence-corrected chi connectivity index (χ1v) is 6.15. The summed E-state index contributed by atoms with van der Waals surface area (Å²) in [5, 5.41) is 7.53. The fraction of sp³-hybridized carbons (Fsp3) is 0.700. The molecule has 0 amide bonds. The van der Waals surface area contributed by atoms with E-state index in [2.05, 4.69) is 24.3 Å². The predicted octanol–water partition coefficient (Wildman–Crippen LogP) is 2.22. The van der Waals surface area contributed by atoms with Crippen LogP contribution in [0.15, 0.2) is 12.3 Å². The van der Waals surface area contributed by atoms with Crippen molar-refractivity contribution >= 4 is 17.6 Å². The molecule has 0 fully saturated rings. The highest BCUT2D eigenvalue weighted by molar-refractivity contribution is 7.99. The Hall–Kier alpha value is -0.640. The summed E-state index contributed by atoms with van der Waals surface area (Å²) < 4.78 is 1.81. The number of nitrogens with one attached hydrogen (secondary N) is 1. The lowest BCUT2D eigenvalue weighted by molar-refractivity contribution is 0.750. The standard InChI is InChI=1S/C10H19N3S/c1-9(2)8-14-7-5-11-10-4-6-13(3)12-10/h4,6,9H,5,7-8H2,1-3H3,(H,11,12). The first-order chi connectivity index (χ1) is 6.68. The third kappa shape index (κ3) is 4.56. The van der Waals surface area contributed by atoms with Crippen LogP contribution < -0.4 is 5.32 Å². The van der Waals surface area contributed by atoms with Crippen molar-refractivity contribution in [2.75, 3.05) is 23.4 Å². The fourth-order valence-electron chi connectivity index (χ4n) is 1.08. The zero-order valence-corrected chi connectivity index (χ0v) is 9.97. The molecule has 14 heavy (non-hydrogen) atoms. The van der Waals surface area contributed by atoms with E-state index in [1.165, 1.54) is 5.75 Å². The molecule has 3 nitrogen and oxygen atoms in total. The molecule has 0 radical (unpaired) electrons. The number of aryl methyl sites for hydroxylation is 1. The van der Waals surface area contributed by atoms with Crippen molar-refractivity contribution in [2.45, 2.75) is 13.8 Å². The molecule has 0 aliphatic carbocycles. The molecular formula is C10H19N3S. The van der Waals surface area contributed by atoms with Gasteiger partial charge in [0.25, 0.3) is 0 Å². The van der Waals surface area contributed by atoms with Gasteiger partial charge in [-0.25, -0.2) is 0 Å². The minimum absolute atomic E-state index is 0.787. The van der Waals surface area contributed by atoms with E-state index in [0.717, 1.165) is 24.0 Å². The highest BCUT2D eigenvalue weighted by Crippen LogP contribution is 2.07. The molecule has 1 aromatic rings. The van der Waals surface area contributed by atoms with Crippen molar-refractivity contribution in [3.05, 3.63) is 12.3 Å². The van der Waals surface area contributed by atoms with Crippen LogP contribution in [0.25, 0.3) is 0 Å². The van der Waals surface area contributed by atoms with Gasteiger partial charge in [-0.05, 0) is 11.7 Å². The van der Waals surface area contributed by atoms with Gasteiger partial charge in [0.1, 0.15) is 5.82 Å². The van der Waals surface area contributed by atoms with Gasteiger partial charge in [-0.3, -0.25) is 4.68 Å². The minimum Gasteiger partial charge on any atom is -0.368 e. The first-order valence-electron chi connectivity index (χ1n) is 4.99. The largest absolute Gasteiger partial charge is 0.368 e. The van der Waals surface area contributed by atoms with Crippen LogP contribution in [-0.2, 0) is 7.05 Å². The van der Waals surface area contributed by atoms with Gasteiger partial charge < -0.3 is 5.32 Å². The number of aromatic nitrogens is 2. The molecule has 0 aliphatic heterocycles. The molecule has 0 spiro atoms. The summed E-state index contributed by atoms with van der Waals surface area (Å²) >= 11 is 1.99. The van der Waals surface area contributed by atoms with Gasteiger partial charge >= 0.3 is 0 Å². The summed E-state index contributed by atoms with van der Waals surface area (Å²) in [6.07, 6.45) is 1.95. The average Bonchev–Trinajstić information content (AvgIpc) is 2.50. The zero-order valence-electron chi connectivity index (χ0n) is 9.16. The number of nitrogens with zero attached hydrogens (tertiary/aromatic N) is 2. The SMILES string of the molecule is CC(C)CSCCNc1ccn(C)n1. The highest BCUT2D eigenvalue weighted by atomic mass is 32.2. The number of rotatable bonds is 6. The Kier molecular flexibility index (Phi) is 4.87. The third-order valence-corrected chi connectivity index (χ3v) is 3.11. The lowest BCUT2D eigenvalue weighted by atomic mass is 10.3. The Bertz CT molecular complexity index is 258. The normalized spacial score (nSPS) is 10.9. The molecule has 80 valence electrons. The average molecular weight is 213 g/mol. The number of hydrogen-bond acceptors (Lipinski definition) is 3. The Morgan fingerprint density at radius 2 is 2.36 bits per heavy atom. The molecule has 1 heterocycles. The van der Waals surface area contributed by atoms with Gasteiger partial charge in [0.15, 0.2) is 0 Å². The minimum atomic E-state index is 0.787. The van der Waals surface area contributed by atoms with Crippen LogP contribution in [0.1, 0.15) is 13.8 Å². The molecule has 0 saturated carbocycles. The highest BCUT2D eigenvalue weighted by Gasteiger charge is 1.96. The van der Waals surface area contributed by atoms with Crippen LogP contribution in [0.4, 0.5) is 5.82 Å². The van der Waals surface area contributed by atoms with Crippen molar-refractivity contribution in [3.63, 3.8) is 0 Å². The molecule has 0 aliphatic rings. The van der Waals surface area contributed by atoms with E-state index >= 15 is 0 Å². The second kappa shape index (κ2) is 5.96. The molecule has 4 heteroatoms. The molecule has 1 rings (SSSR count). The van der Waals surface area contributed by atoms with Crippen molar-refractivity contribution in [3.8, 4) is 0 Å². The van der Waals surface area contributed by atoms with Crippen LogP contribution in [0.5, 0.6) is 0 Å². The topological polar surface area (TPSA) is 29.9 Å². The summed E-state index contributed by atoms with van der Waals surface area (Å²) in [4.78, 5) is 0. The van der Waals surface area contributed by atoms with Gasteiger partial charge in [-0.2, -0.15) is 16.9 Å². The van der Waals surface area contributed by atoms with Gasteiger partial charge in [-0.1, -0.05) is 13.8 Å². The van der Waals surface area contributed by atoms with Crippen molar-refractivity contribution in [2.24, 2.45) is 13.0 Å². The lowest BCUT2D eigenvalue weighted by Crippen LogP contribution is -2.06. The Morgan fingerprint density at radius 1 is 1.57 bits per heavy atom. The summed E-state index contributed by atoms with van der Waals surface area (Å²) in [6, 6.07) is 1.99.